The molecule has 0 aliphatic carbocycles. The zero-order valence-corrected chi connectivity index (χ0v) is 10.1. The SMILES string of the molecule is C=C.Cc1ncccc1OCc1ccccc1. The van der Waals surface area contributed by atoms with Crippen LogP contribution in [0.15, 0.2) is 61.8 Å². The lowest BCUT2D eigenvalue weighted by Gasteiger charge is -2.07. The van der Waals surface area contributed by atoms with Crippen molar-refractivity contribution in [1.29, 1.82) is 0 Å². The van der Waals surface area contributed by atoms with E-state index in [1.54, 1.807) is 6.20 Å². The lowest BCUT2D eigenvalue weighted by atomic mass is 10.2. The molecule has 0 atom stereocenters. The van der Waals surface area contributed by atoms with Crippen LogP contribution in [0.5, 0.6) is 5.75 Å². The quantitative estimate of drug-likeness (QED) is 0.745. The summed E-state index contributed by atoms with van der Waals surface area (Å²) >= 11 is 0. The zero-order valence-electron chi connectivity index (χ0n) is 10.1. The fraction of sp³-hybridized carbons (Fsp3) is 0.133. The molecule has 0 bridgehead atoms. The molecule has 0 unspecified atom stereocenters. The number of nitrogens with zero attached hydrogens (tertiary/aromatic N) is 1. The van der Waals surface area contributed by atoms with Crippen molar-refractivity contribution in [2.45, 2.75) is 13.5 Å². The highest BCUT2D eigenvalue weighted by Gasteiger charge is 1.98. The Balaban J connectivity index is 0.000000686. The van der Waals surface area contributed by atoms with E-state index < -0.39 is 0 Å². The maximum absolute atomic E-state index is 5.66. The van der Waals surface area contributed by atoms with Gasteiger partial charge in [-0.1, -0.05) is 30.3 Å². The molecule has 0 aliphatic heterocycles. The van der Waals surface area contributed by atoms with Crippen molar-refractivity contribution in [2.24, 2.45) is 0 Å². The Morgan fingerprint density at radius 3 is 2.41 bits per heavy atom. The summed E-state index contributed by atoms with van der Waals surface area (Å²) in [5, 5.41) is 0. The van der Waals surface area contributed by atoms with Gasteiger partial charge in [0.25, 0.3) is 0 Å². The first-order chi connectivity index (χ1) is 8.36. The van der Waals surface area contributed by atoms with Crippen molar-refractivity contribution in [3.05, 3.63) is 73.1 Å². The summed E-state index contributed by atoms with van der Waals surface area (Å²) in [7, 11) is 0. The Bertz CT molecular complexity index is 440. The topological polar surface area (TPSA) is 22.1 Å². The van der Waals surface area contributed by atoms with E-state index in [9.17, 15) is 0 Å². The maximum Gasteiger partial charge on any atom is 0.141 e. The average molecular weight is 227 g/mol. The normalized spacial score (nSPS) is 9.00. The van der Waals surface area contributed by atoms with Crippen LogP contribution >= 0.6 is 0 Å². The molecule has 0 fully saturated rings. The van der Waals surface area contributed by atoms with E-state index in [2.05, 4.69) is 18.1 Å². The zero-order chi connectivity index (χ0) is 12.5. The van der Waals surface area contributed by atoms with Crippen LogP contribution in [0.3, 0.4) is 0 Å². The van der Waals surface area contributed by atoms with Gasteiger partial charge in [-0.15, -0.1) is 13.2 Å². The first-order valence-electron chi connectivity index (χ1n) is 5.44. The van der Waals surface area contributed by atoms with Gasteiger partial charge >= 0.3 is 0 Å². The average Bonchev–Trinajstić information content (AvgIpc) is 2.41. The Kier molecular flexibility index (Phi) is 5.52. The van der Waals surface area contributed by atoms with Crippen LogP contribution in [0, 0.1) is 6.92 Å². The summed E-state index contributed by atoms with van der Waals surface area (Å²) < 4.78 is 5.66. The number of aromatic nitrogens is 1. The minimum absolute atomic E-state index is 0.591. The van der Waals surface area contributed by atoms with E-state index in [-0.39, 0.29) is 0 Å². The van der Waals surface area contributed by atoms with Gasteiger partial charge in [0.05, 0.1) is 5.69 Å². The number of rotatable bonds is 3. The number of pyridine rings is 1. The van der Waals surface area contributed by atoms with Crippen molar-refractivity contribution >= 4 is 0 Å². The summed E-state index contributed by atoms with van der Waals surface area (Å²) in [5.41, 5.74) is 2.09. The van der Waals surface area contributed by atoms with Crippen LogP contribution in [0.2, 0.25) is 0 Å². The summed E-state index contributed by atoms with van der Waals surface area (Å²) in [5.74, 6) is 0.848. The minimum atomic E-state index is 0.591. The Hall–Kier alpha value is -2.09. The van der Waals surface area contributed by atoms with Crippen LogP contribution in [-0.2, 0) is 6.61 Å². The molecule has 0 N–H and O–H groups in total. The minimum Gasteiger partial charge on any atom is -0.487 e. The first kappa shape index (κ1) is 13.0. The predicted molar refractivity (Wildman–Crippen MR) is 71.0 cm³/mol. The van der Waals surface area contributed by atoms with Crippen molar-refractivity contribution in [3.63, 3.8) is 0 Å². The van der Waals surface area contributed by atoms with Crippen molar-refractivity contribution < 1.29 is 4.74 Å². The van der Waals surface area contributed by atoms with Crippen molar-refractivity contribution in [3.8, 4) is 5.75 Å². The molecular formula is C15H17NO. The smallest absolute Gasteiger partial charge is 0.141 e. The van der Waals surface area contributed by atoms with Crippen LogP contribution in [0.4, 0.5) is 0 Å². The predicted octanol–water partition coefficient (Wildman–Crippen LogP) is 3.77. The van der Waals surface area contributed by atoms with Crippen LogP contribution < -0.4 is 4.74 Å². The van der Waals surface area contributed by atoms with Gasteiger partial charge < -0.3 is 4.74 Å². The second-order valence-electron chi connectivity index (χ2n) is 3.36. The number of benzene rings is 1. The van der Waals surface area contributed by atoms with Crippen LogP contribution in [-0.4, -0.2) is 4.98 Å². The van der Waals surface area contributed by atoms with Gasteiger partial charge in [-0.3, -0.25) is 4.98 Å². The number of hydrogen-bond acceptors (Lipinski definition) is 2. The second-order valence-corrected chi connectivity index (χ2v) is 3.36. The van der Waals surface area contributed by atoms with Crippen molar-refractivity contribution in [1.82, 2.24) is 4.98 Å². The fourth-order valence-corrected chi connectivity index (χ4v) is 1.36. The highest BCUT2D eigenvalue weighted by molar-refractivity contribution is 5.26. The molecule has 0 amide bonds. The number of hydrogen-bond donors (Lipinski definition) is 0. The lowest BCUT2D eigenvalue weighted by molar-refractivity contribution is 0.302. The molecule has 17 heavy (non-hydrogen) atoms. The lowest BCUT2D eigenvalue weighted by Crippen LogP contribution is -1.97. The fourth-order valence-electron chi connectivity index (χ4n) is 1.36. The molecule has 0 radical (unpaired) electrons. The highest BCUT2D eigenvalue weighted by atomic mass is 16.5. The summed E-state index contributed by atoms with van der Waals surface area (Å²) in [4.78, 5) is 4.17. The molecule has 1 aromatic carbocycles. The summed E-state index contributed by atoms with van der Waals surface area (Å²) in [6.45, 7) is 8.54. The molecule has 2 aromatic rings. The van der Waals surface area contributed by atoms with E-state index >= 15 is 0 Å². The molecule has 1 heterocycles. The third kappa shape index (κ3) is 4.11. The molecule has 88 valence electrons. The van der Waals surface area contributed by atoms with Gasteiger partial charge in [-0.05, 0) is 24.6 Å². The third-order valence-corrected chi connectivity index (χ3v) is 2.20. The van der Waals surface area contributed by atoms with Crippen LogP contribution in [0.1, 0.15) is 11.3 Å². The van der Waals surface area contributed by atoms with Crippen molar-refractivity contribution in [2.75, 3.05) is 0 Å². The largest absolute Gasteiger partial charge is 0.487 e. The maximum atomic E-state index is 5.66. The molecule has 0 saturated heterocycles. The highest BCUT2D eigenvalue weighted by Crippen LogP contribution is 2.15. The van der Waals surface area contributed by atoms with E-state index in [1.165, 1.54) is 5.56 Å². The second kappa shape index (κ2) is 7.23. The molecule has 0 saturated carbocycles. The van der Waals surface area contributed by atoms with Gasteiger partial charge in [0, 0.05) is 6.20 Å². The van der Waals surface area contributed by atoms with E-state index in [0.29, 0.717) is 6.61 Å². The van der Waals surface area contributed by atoms with E-state index in [0.717, 1.165) is 11.4 Å². The molecule has 2 heteroatoms. The summed E-state index contributed by atoms with van der Waals surface area (Å²) in [6, 6.07) is 13.9. The van der Waals surface area contributed by atoms with E-state index in [1.807, 2.05) is 49.4 Å². The molecule has 1 aromatic heterocycles. The monoisotopic (exact) mass is 227 g/mol. The van der Waals surface area contributed by atoms with Gasteiger partial charge in [-0.2, -0.15) is 0 Å². The molecule has 2 nitrogen and oxygen atoms in total. The third-order valence-electron chi connectivity index (χ3n) is 2.20. The van der Waals surface area contributed by atoms with Gasteiger partial charge in [0.1, 0.15) is 12.4 Å². The Morgan fingerprint density at radius 2 is 1.76 bits per heavy atom. The summed E-state index contributed by atoms with van der Waals surface area (Å²) in [6.07, 6.45) is 1.77. The van der Waals surface area contributed by atoms with Crippen LogP contribution in [0.25, 0.3) is 0 Å². The van der Waals surface area contributed by atoms with Gasteiger partial charge in [0.2, 0.25) is 0 Å². The number of ether oxygens (including phenoxy) is 1. The van der Waals surface area contributed by atoms with Gasteiger partial charge in [0.15, 0.2) is 0 Å². The molecule has 0 aliphatic rings. The molecular weight excluding hydrogens is 210 g/mol. The standard InChI is InChI=1S/C13H13NO.C2H4/c1-11-13(8-5-9-14-11)15-10-12-6-3-2-4-7-12;1-2/h2-9H,10H2,1H3;1-2H2. The molecule has 0 spiro atoms. The Labute approximate surface area is 103 Å². The molecule has 2 rings (SSSR count). The Morgan fingerprint density at radius 1 is 1.06 bits per heavy atom. The van der Waals surface area contributed by atoms with E-state index in [4.69, 9.17) is 4.74 Å². The van der Waals surface area contributed by atoms with Gasteiger partial charge in [-0.25, -0.2) is 0 Å². The number of aryl methyl sites for hydroxylation is 1. The first-order valence-corrected chi connectivity index (χ1v) is 5.44.